The number of rotatable bonds is 3. The lowest BCUT2D eigenvalue weighted by atomic mass is 9.93. The molecule has 29 heavy (non-hydrogen) atoms. The van der Waals surface area contributed by atoms with Gasteiger partial charge in [0.25, 0.3) is 11.8 Å². The lowest BCUT2D eigenvalue weighted by Gasteiger charge is -2.18. The molecule has 142 valence electrons. The van der Waals surface area contributed by atoms with Gasteiger partial charge in [-0.15, -0.1) is 11.3 Å². The summed E-state index contributed by atoms with van der Waals surface area (Å²) in [5.41, 5.74) is 4.85. The molecule has 0 fully saturated rings. The molecule has 0 bridgehead atoms. The van der Waals surface area contributed by atoms with Crippen molar-refractivity contribution in [3.8, 4) is 0 Å². The number of aryl methyl sites for hydroxylation is 1. The maximum Gasteiger partial charge on any atom is 0.257 e. The normalized spacial score (nSPS) is 15.2. The van der Waals surface area contributed by atoms with Crippen molar-refractivity contribution in [1.82, 2.24) is 5.32 Å². The van der Waals surface area contributed by atoms with Crippen LogP contribution >= 0.6 is 11.3 Å². The zero-order valence-electron chi connectivity index (χ0n) is 15.7. The zero-order chi connectivity index (χ0) is 20.0. The maximum atomic E-state index is 13.1. The van der Waals surface area contributed by atoms with Crippen molar-refractivity contribution in [2.75, 3.05) is 5.32 Å². The SMILES string of the molecule is Cc1ccccc1[C@@H]1NC(=O)c2cccc(NC(=O)c3csc4ccccc34)c21. The van der Waals surface area contributed by atoms with E-state index in [-0.39, 0.29) is 17.9 Å². The number of carbonyl (C=O) groups is 2. The smallest absolute Gasteiger partial charge is 0.257 e. The number of thiophene rings is 1. The minimum Gasteiger partial charge on any atom is -0.341 e. The van der Waals surface area contributed by atoms with E-state index in [1.165, 1.54) is 0 Å². The highest BCUT2D eigenvalue weighted by Gasteiger charge is 2.33. The number of hydrogen-bond acceptors (Lipinski definition) is 3. The Morgan fingerprint density at radius 1 is 1.00 bits per heavy atom. The van der Waals surface area contributed by atoms with Gasteiger partial charge in [0.2, 0.25) is 0 Å². The first-order valence-electron chi connectivity index (χ1n) is 9.40. The molecule has 3 aromatic carbocycles. The molecule has 0 radical (unpaired) electrons. The van der Waals surface area contributed by atoms with Crippen LogP contribution in [0.5, 0.6) is 0 Å². The molecule has 1 aliphatic heterocycles. The number of anilines is 1. The van der Waals surface area contributed by atoms with Gasteiger partial charge in [-0.05, 0) is 36.2 Å². The van der Waals surface area contributed by atoms with Gasteiger partial charge in [0.05, 0.1) is 11.6 Å². The fourth-order valence-corrected chi connectivity index (χ4v) is 4.89. The second-order valence-corrected chi connectivity index (χ2v) is 8.04. The van der Waals surface area contributed by atoms with Gasteiger partial charge in [-0.2, -0.15) is 0 Å². The maximum absolute atomic E-state index is 13.1. The predicted molar refractivity (Wildman–Crippen MR) is 117 cm³/mol. The average molecular weight is 398 g/mol. The molecule has 0 spiro atoms. The third kappa shape index (κ3) is 2.91. The Morgan fingerprint density at radius 3 is 2.66 bits per heavy atom. The summed E-state index contributed by atoms with van der Waals surface area (Å²) in [7, 11) is 0. The van der Waals surface area contributed by atoms with Crippen molar-refractivity contribution < 1.29 is 9.59 Å². The fraction of sp³-hybridized carbons (Fsp3) is 0.0833. The molecule has 2 N–H and O–H groups in total. The van der Waals surface area contributed by atoms with Gasteiger partial charge in [-0.1, -0.05) is 48.5 Å². The van der Waals surface area contributed by atoms with Crippen molar-refractivity contribution in [3.05, 3.63) is 99.9 Å². The number of carbonyl (C=O) groups excluding carboxylic acids is 2. The first-order valence-corrected chi connectivity index (χ1v) is 10.3. The third-order valence-corrected chi connectivity index (χ3v) is 6.35. The molecule has 0 unspecified atom stereocenters. The van der Waals surface area contributed by atoms with E-state index >= 15 is 0 Å². The molecule has 2 heterocycles. The molecular formula is C24H18N2O2S. The highest BCUT2D eigenvalue weighted by Crippen LogP contribution is 2.38. The molecule has 0 saturated carbocycles. The molecule has 1 atom stereocenters. The molecule has 5 rings (SSSR count). The molecule has 1 aromatic heterocycles. The van der Waals surface area contributed by atoms with E-state index in [9.17, 15) is 9.59 Å². The van der Waals surface area contributed by atoms with E-state index < -0.39 is 0 Å². The van der Waals surface area contributed by atoms with E-state index in [0.717, 1.165) is 26.8 Å². The van der Waals surface area contributed by atoms with Gasteiger partial charge in [0.15, 0.2) is 0 Å². The Hall–Kier alpha value is -3.44. The van der Waals surface area contributed by atoms with Crippen molar-refractivity contribution in [1.29, 1.82) is 0 Å². The molecule has 0 aliphatic carbocycles. The van der Waals surface area contributed by atoms with Crippen molar-refractivity contribution in [2.24, 2.45) is 0 Å². The van der Waals surface area contributed by atoms with Crippen LogP contribution in [0.3, 0.4) is 0 Å². The first kappa shape index (κ1) is 17.6. The van der Waals surface area contributed by atoms with Crippen LogP contribution in [-0.2, 0) is 0 Å². The predicted octanol–water partition coefficient (Wildman–Crippen LogP) is 5.29. The van der Waals surface area contributed by atoms with Crippen molar-refractivity contribution in [3.63, 3.8) is 0 Å². The quantitative estimate of drug-likeness (QED) is 0.492. The topological polar surface area (TPSA) is 58.2 Å². The van der Waals surface area contributed by atoms with E-state index in [1.807, 2.05) is 66.9 Å². The van der Waals surface area contributed by atoms with Crippen LogP contribution in [0.1, 0.15) is 43.4 Å². The minimum absolute atomic E-state index is 0.120. The van der Waals surface area contributed by atoms with Crippen LogP contribution < -0.4 is 10.6 Å². The second-order valence-electron chi connectivity index (χ2n) is 7.13. The number of fused-ring (bicyclic) bond motifs is 2. The summed E-state index contributed by atoms with van der Waals surface area (Å²) < 4.78 is 1.07. The summed E-state index contributed by atoms with van der Waals surface area (Å²) >= 11 is 1.55. The van der Waals surface area contributed by atoms with Gasteiger partial charge in [-0.25, -0.2) is 0 Å². The molecule has 2 amide bonds. The van der Waals surface area contributed by atoms with E-state index in [1.54, 1.807) is 23.5 Å². The summed E-state index contributed by atoms with van der Waals surface area (Å²) in [6, 6.07) is 21.0. The van der Waals surface area contributed by atoms with E-state index in [4.69, 9.17) is 0 Å². The van der Waals surface area contributed by atoms with Crippen LogP contribution in [0.15, 0.2) is 72.1 Å². The Labute approximate surface area is 172 Å². The Bertz CT molecular complexity index is 1270. The lowest BCUT2D eigenvalue weighted by molar-refractivity contribution is 0.0959. The average Bonchev–Trinajstić information content (AvgIpc) is 3.31. The standard InChI is InChI=1S/C24H18N2O2S/c1-14-7-2-3-8-15(14)22-21-17(23(27)26-22)10-6-11-19(21)25-24(28)18-13-29-20-12-5-4-9-16(18)20/h2-13,22H,1H3,(H,25,28)(H,26,27)/t22-/m0/s1. The van der Waals surface area contributed by atoms with Gasteiger partial charge >= 0.3 is 0 Å². The summed E-state index contributed by atoms with van der Waals surface area (Å²) in [6.07, 6.45) is 0. The third-order valence-electron chi connectivity index (χ3n) is 5.39. The molecule has 5 heteroatoms. The van der Waals surface area contributed by atoms with Crippen LogP contribution in [0, 0.1) is 6.92 Å². The van der Waals surface area contributed by atoms with Gasteiger partial charge in [-0.3, -0.25) is 9.59 Å². The molecule has 4 aromatic rings. The van der Waals surface area contributed by atoms with E-state index in [0.29, 0.717) is 16.8 Å². The summed E-state index contributed by atoms with van der Waals surface area (Å²) in [5, 5.41) is 8.94. The molecule has 4 nitrogen and oxygen atoms in total. The minimum atomic E-state index is -0.283. The number of benzene rings is 3. The lowest BCUT2D eigenvalue weighted by Crippen LogP contribution is -2.21. The fourth-order valence-electron chi connectivity index (χ4n) is 3.95. The number of amides is 2. The van der Waals surface area contributed by atoms with Crippen LogP contribution in [0.25, 0.3) is 10.1 Å². The number of hydrogen-bond donors (Lipinski definition) is 2. The number of nitrogens with one attached hydrogen (secondary N) is 2. The Morgan fingerprint density at radius 2 is 1.79 bits per heavy atom. The molecular weight excluding hydrogens is 380 g/mol. The van der Waals surface area contributed by atoms with E-state index in [2.05, 4.69) is 10.6 Å². The van der Waals surface area contributed by atoms with Crippen LogP contribution in [0.2, 0.25) is 0 Å². The van der Waals surface area contributed by atoms with Crippen molar-refractivity contribution >= 4 is 38.9 Å². The Kier molecular flexibility index (Phi) is 4.18. The highest BCUT2D eigenvalue weighted by molar-refractivity contribution is 7.17. The summed E-state index contributed by atoms with van der Waals surface area (Å²) in [6.45, 7) is 2.03. The monoisotopic (exact) mass is 398 g/mol. The van der Waals surface area contributed by atoms with Crippen LogP contribution in [-0.4, -0.2) is 11.8 Å². The Balaban J connectivity index is 1.57. The highest BCUT2D eigenvalue weighted by atomic mass is 32.1. The summed E-state index contributed by atoms with van der Waals surface area (Å²) in [4.78, 5) is 25.7. The first-order chi connectivity index (χ1) is 14.1. The van der Waals surface area contributed by atoms with Gasteiger partial charge in [0, 0.05) is 32.3 Å². The van der Waals surface area contributed by atoms with Gasteiger partial charge in [0.1, 0.15) is 0 Å². The molecule has 0 saturated heterocycles. The summed E-state index contributed by atoms with van der Waals surface area (Å²) in [5.74, 6) is -0.288. The second kappa shape index (κ2) is 6.87. The zero-order valence-corrected chi connectivity index (χ0v) is 16.5. The van der Waals surface area contributed by atoms with Crippen molar-refractivity contribution in [2.45, 2.75) is 13.0 Å². The van der Waals surface area contributed by atoms with Gasteiger partial charge < -0.3 is 10.6 Å². The largest absolute Gasteiger partial charge is 0.341 e. The molecule has 1 aliphatic rings. The van der Waals surface area contributed by atoms with Crippen LogP contribution in [0.4, 0.5) is 5.69 Å².